The molecule has 0 aliphatic carbocycles. The third-order valence-electron chi connectivity index (χ3n) is 3.75. The fraction of sp³-hybridized carbons (Fsp3) is 0.714. The molecule has 0 unspecified atom stereocenters. The fourth-order valence-corrected chi connectivity index (χ4v) is 2.39. The maximum Gasteiger partial charge on any atom is 0.268 e. The topological polar surface area (TPSA) is 50.2 Å². The summed E-state index contributed by atoms with van der Waals surface area (Å²) in [5.41, 5.74) is 0.964. The summed E-state index contributed by atoms with van der Waals surface area (Å²) in [6.07, 6.45) is 4.22. The standard InChI is InChI=1S/C14H24N4O/c1-3-15-6-9-18-14(19)10-13(11-16-18)17-7-4-12(2)5-8-17/h10-12,15H,3-9H2,1-2H3. The van der Waals surface area contributed by atoms with Crippen molar-refractivity contribution < 1.29 is 0 Å². The van der Waals surface area contributed by atoms with Crippen LogP contribution in [0, 0.1) is 5.92 Å². The highest BCUT2D eigenvalue weighted by Crippen LogP contribution is 2.20. The van der Waals surface area contributed by atoms with E-state index < -0.39 is 0 Å². The summed E-state index contributed by atoms with van der Waals surface area (Å²) >= 11 is 0. The molecule has 5 nitrogen and oxygen atoms in total. The van der Waals surface area contributed by atoms with E-state index in [0.717, 1.165) is 37.8 Å². The molecule has 0 radical (unpaired) electrons. The minimum absolute atomic E-state index is 0.00553. The number of aromatic nitrogens is 2. The maximum absolute atomic E-state index is 12.0. The van der Waals surface area contributed by atoms with Crippen molar-refractivity contribution in [1.82, 2.24) is 15.1 Å². The van der Waals surface area contributed by atoms with E-state index in [2.05, 4.69) is 29.2 Å². The van der Waals surface area contributed by atoms with Gasteiger partial charge < -0.3 is 10.2 Å². The second kappa shape index (κ2) is 6.70. The van der Waals surface area contributed by atoms with E-state index in [1.165, 1.54) is 17.5 Å². The first-order valence-electron chi connectivity index (χ1n) is 7.23. The molecule has 0 amide bonds. The van der Waals surface area contributed by atoms with Crippen LogP contribution in [0.25, 0.3) is 0 Å². The lowest BCUT2D eigenvalue weighted by Crippen LogP contribution is -2.35. The molecular weight excluding hydrogens is 240 g/mol. The van der Waals surface area contributed by atoms with Crippen LogP contribution in [-0.2, 0) is 6.54 Å². The van der Waals surface area contributed by atoms with Crippen molar-refractivity contribution in [2.24, 2.45) is 5.92 Å². The second-order valence-electron chi connectivity index (χ2n) is 5.30. The van der Waals surface area contributed by atoms with Crippen molar-refractivity contribution in [2.75, 3.05) is 31.1 Å². The number of anilines is 1. The highest BCUT2D eigenvalue weighted by Gasteiger charge is 2.16. The Hall–Kier alpha value is -1.36. The predicted molar refractivity (Wildman–Crippen MR) is 77.7 cm³/mol. The number of nitrogens with zero attached hydrogens (tertiary/aromatic N) is 3. The number of rotatable bonds is 5. The van der Waals surface area contributed by atoms with E-state index in [4.69, 9.17) is 0 Å². The van der Waals surface area contributed by atoms with Crippen LogP contribution < -0.4 is 15.8 Å². The highest BCUT2D eigenvalue weighted by atomic mass is 16.1. The molecule has 0 aromatic carbocycles. The molecule has 1 aromatic heterocycles. The summed E-state index contributed by atoms with van der Waals surface area (Å²) in [7, 11) is 0. The molecule has 1 N–H and O–H groups in total. The van der Waals surface area contributed by atoms with Crippen LogP contribution in [-0.4, -0.2) is 36.0 Å². The van der Waals surface area contributed by atoms with E-state index in [-0.39, 0.29) is 5.56 Å². The van der Waals surface area contributed by atoms with Gasteiger partial charge in [-0.2, -0.15) is 5.10 Å². The Balaban J connectivity index is 2.00. The first-order valence-corrected chi connectivity index (χ1v) is 7.23. The monoisotopic (exact) mass is 264 g/mol. The van der Waals surface area contributed by atoms with Gasteiger partial charge in [0.2, 0.25) is 0 Å². The number of piperidine rings is 1. The Morgan fingerprint density at radius 1 is 1.42 bits per heavy atom. The zero-order chi connectivity index (χ0) is 13.7. The number of hydrogen-bond donors (Lipinski definition) is 1. The summed E-state index contributed by atoms with van der Waals surface area (Å²) in [6.45, 7) is 8.73. The zero-order valence-electron chi connectivity index (χ0n) is 11.9. The molecule has 0 spiro atoms. The van der Waals surface area contributed by atoms with Gasteiger partial charge in [0.05, 0.1) is 18.4 Å². The van der Waals surface area contributed by atoms with Crippen molar-refractivity contribution in [1.29, 1.82) is 0 Å². The number of likely N-dealkylation sites (N-methyl/N-ethyl adjacent to an activating group) is 1. The van der Waals surface area contributed by atoms with Gasteiger partial charge in [-0.3, -0.25) is 4.79 Å². The van der Waals surface area contributed by atoms with Crippen molar-refractivity contribution in [3.05, 3.63) is 22.6 Å². The molecule has 0 bridgehead atoms. The Labute approximate surface area is 114 Å². The SMILES string of the molecule is CCNCCn1ncc(N2CCC(C)CC2)cc1=O. The Bertz CT molecular complexity index is 449. The summed E-state index contributed by atoms with van der Waals surface area (Å²) in [6, 6.07) is 1.72. The van der Waals surface area contributed by atoms with Gasteiger partial charge in [0.15, 0.2) is 0 Å². The quantitative estimate of drug-likeness (QED) is 0.809. The van der Waals surface area contributed by atoms with Crippen molar-refractivity contribution in [3.8, 4) is 0 Å². The van der Waals surface area contributed by atoms with Gasteiger partial charge in [-0.15, -0.1) is 0 Å². The lowest BCUT2D eigenvalue weighted by Gasteiger charge is -2.31. The third-order valence-corrected chi connectivity index (χ3v) is 3.75. The van der Waals surface area contributed by atoms with Gasteiger partial charge in [0.25, 0.3) is 5.56 Å². The minimum Gasteiger partial charge on any atom is -0.370 e. The van der Waals surface area contributed by atoms with E-state index in [0.29, 0.717) is 6.54 Å². The molecule has 1 aliphatic heterocycles. The predicted octanol–water partition coefficient (Wildman–Crippen LogP) is 1.09. The van der Waals surface area contributed by atoms with E-state index >= 15 is 0 Å². The summed E-state index contributed by atoms with van der Waals surface area (Å²) in [5, 5.41) is 7.46. The molecule has 1 fully saturated rings. The van der Waals surface area contributed by atoms with Crippen LogP contribution in [0.3, 0.4) is 0 Å². The van der Waals surface area contributed by atoms with Gasteiger partial charge in [-0.05, 0) is 25.3 Å². The third kappa shape index (κ3) is 3.80. The van der Waals surface area contributed by atoms with Gasteiger partial charge in [-0.1, -0.05) is 13.8 Å². The average molecular weight is 264 g/mol. The fourth-order valence-electron chi connectivity index (χ4n) is 2.39. The van der Waals surface area contributed by atoms with Gasteiger partial charge >= 0.3 is 0 Å². The largest absolute Gasteiger partial charge is 0.370 e. The van der Waals surface area contributed by atoms with E-state index in [9.17, 15) is 4.79 Å². The smallest absolute Gasteiger partial charge is 0.268 e. The molecule has 0 saturated carbocycles. The molecule has 0 atom stereocenters. The summed E-state index contributed by atoms with van der Waals surface area (Å²) in [4.78, 5) is 14.3. The molecule has 1 aliphatic rings. The van der Waals surface area contributed by atoms with Crippen LogP contribution in [0.15, 0.2) is 17.1 Å². The molecule has 5 heteroatoms. The molecule has 2 rings (SSSR count). The highest BCUT2D eigenvalue weighted by molar-refractivity contribution is 5.43. The van der Waals surface area contributed by atoms with Crippen LogP contribution in [0.5, 0.6) is 0 Å². The average Bonchev–Trinajstić information content (AvgIpc) is 2.42. The van der Waals surface area contributed by atoms with Crippen molar-refractivity contribution in [2.45, 2.75) is 33.2 Å². The molecule has 2 heterocycles. The summed E-state index contributed by atoms with van der Waals surface area (Å²) < 4.78 is 1.53. The normalized spacial score (nSPS) is 16.8. The Kier molecular flexibility index (Phi) is 4.96. The molecule has 1 aromatic rings. The van der Waals surface area contributed by atoms with Crippen LogP contribution in [0.4, 0.5) is 5.69 Å². The maximum atomic E-state index is 12.0. The first kappa shape index (κ1) is 14.1. The second-order valence-corrected chi connectivity index (χ2v) is 5.30. The number of hydrogen-bond acceptors (Lipinski definition) is 4. The molecule has 1 saturated heterocycles. The van der Waals surface area contributed by atoms with Crippen LogP contribution in [0.2, 0.25) is 0 Å². The Morgan fingerprint density at radius 3 is 2.79 bits per heavy atom. The minimum atomic E-state index is -0.00553. The first-order chi connectivity index (χ1) is 9.20. The van der Waals surface area contributed by atoms with E-state index in [1.807, 2.05) is 6.20 Å². The van der Waals surface area contributed by atoms with Crippen molar-refractivity contribution >= 4 is 5.69 Å². The number of nitrogens with one attached hydrogen (secondary N) is 1. The van der Waals surface area contributed by atoms with Crippen LogP contribution >= 0.6 is 0 Å². The van der Waals surface area contributed by atoms with Crippen LogP contribution in [0.1, 0.15) is 26.7 Å². The zero-order valence-corrected chi connectivity index (χ0v) is 11.9. The Morgan fingerprint density at radius 2 is 2.16 bits per heavy atom. The van der Waals surface area contributed by atoms with Crippen molar-refractivity contribution in [3.63, 3.8) is 0 Å². The van der Waals surface area contributed by atoms with Gasteiger partial charge in [0, 0.05) is 25.7 Å². The molecule has 106 valence electrons. The summed E-state index contributed by atoms with van der Waals surface area (Å²) in [5.74, 6) is 0.796. The van der Waals surface area contributed by atoms with Gasteiger partial charge in [-0.25, -0.2) is 4.68 Å². The van der Waals surface area contributed by atoms with E-state index in [1.54, 1.807) is 6.07 Å². The van der Waals surface area contributed by atoms with Gasteiger partial charge in [0.1, 0.15) is 0 Å². The molecule has 19 heavy (non-hydrogen) atoms. The lowest BCUT2D eigenvalue weighted by atomic mass is 9.99. The molecular formula is C14H24N4O. The lowest BCUT2D eigenvalue weighted by molar-refractivity contribution is 0.437.